The fourth-order valence-electron chi connectivity index (χ4n) is 2.65. The lowest BCUT2D eigenvalue weighted by Crippen LogP contribution is -2.40. The van der Waals surface area contributed by atoms with E-state index in [1.807, 2.05) is 18.2 Å². The zero-order valence-electron chi connectivity index (χ0n) is 11.1. The Labute approximate surface area is 117 Å². The van der Waals surface area contributed by atoms with Gasteiger partial charge in [-0.2, -0.15) is 0 Å². The van der Waals surface area contributed by atoms with Gasteiger partial charge in [-0.1, -0.05) is 42.3 Å². The van der Waals surface area contributed by atoms with Crippen LogP contribution in [0.2, 0.25) is 0 Å². The van der Waals surface area contributed by atoms with Gasteiger partial charge in [0.25, 0.3) is 0 Å². The number of halogens is 1. The fourth-order valence-corrected chi connectivity index (χ4v) is 2.99. The van der Waals surface area contributed by atoms with E-state index in [2.05, 4.69) is 29.8 Å². The first kappa shape index (κ1) is 13.9. The molecule has 0 saturated carbocycles. The summed E-state index contributed by atoms with van der Waals surface area (Å²) in [4.78, 5) is 0. The maximum atomic E-state index is 10.3. The Morgan fingerprint density at radius 3 is 2.89 bits per heavy atom. The molecule has 100 valence electrons. The molecule has 1 aromatic rings. The Bertz CT molecular complexity index is 419. The highest BCUT2D eigenvalue weighted by Gasteiger charge is 2.38. The van der Waals surface area contributed by atoms with Crippen LogP contribution in [0, 0.1) is 0 Å². The van der Waals surface area contributed by atoms with Gasteiger partial charge in [0, 0.05) is 16.5 Å². The minimum atomic E-state index is -0.404. The van der Waals surface area contributed by atoms with Gasteiger partial charge in [0.2, 0.25) is 0 Å². The summed E-state index contributed by atoms with van der Waals surface area (Å²) in [5, 5.41) is 10.3. The van der Waals surface area contributed by atoms with E-state index in [0.717, 1.165) is 41.5 Å². The average molecular weight is 313 g/mol. The molecule has 2 nitrogen and oxygen atoms in total. The summed E-state index contributed by atoms with van der Waals surface area (Å²) in [5.41, 5.74) is 0.724. The lowest BCUT2D eigenvalue weighted by molar-refractivity contribution is -0.0241. The van der Waals surface area contributed by atoms with Crippen molar-refractivity contribution in [3.8, 4) is 5.75 Å². The van der Waals surface area contributed by atoms with Gasteiger partial charge >= 0.3 is 0 Å². The summed E-state index contributed by atoms with van der Waals surface area (Å²) in [7, 11) is 0. The Morgan fingerprint density at radius 1 is 1.44 bits per heavy atom. The third-order valence-electron chi connectivity index (χ3n) is 3.86. The van der Waals surface area contributed by atoms with Gasteiger partial charge in [-0.3, -0.25) is 0 Å². The first-order chi connectivity index (χ1) is 8.60. The summed E-state index contributed by atoms with van der Waals surface area (Å²) in [6.45, 7) is 4.33. The second kappa shape index (κ2) is 5.62. The van der Waals surface area contributed by atoms with Crippen molar-refractivity contribution in [3.63, 3.8) is 0 Å². The molecule has 1 aliphatic heterocycles. The topological polar surface area (TPSA) is 29.5 Å². The third kappa shape index (κ3) is 2.72. The second-order valence-corrected chi connectivity index (χ2v) is 6.06. The molecule has 0 spiro atoms. The number of hydrogen-bond acceptors (Lipinski definition) is 2. The first-order valence-electron chi connectivity index (χ1n) is 6.77. The predicted molar refractivity (Wildman–Crippen MR) is 76.9 cm³/mol. The van der Waals surface area contributed by atoms with E-state index in [1.54, 1.807) is 0 Å². The third-order valence-corrected chi connectivity index (χ3v) is 4.35. The van der Waals surface area contributed by atoms with Crippen molar-refractivity contribution >= 4 is 15.9 Å². The van der Waals surface area contributed by atoms with Gasteiger partial charge in [0.05, 0.1) is 6.10 Å². The van der Waals surface area contributed by atoms with Gasteiger partial charge in [-0.05, 0) is 31.4 Å². The highest BCUT2D eigenvalue weighted by molar-refractivity contribution is 9.10. The smallest absolute Gasteiger partial charge is 0.127 e. The van der Waals surface area contributed by atoms with Crippen LogP contribution in [0.4, 0.5) is 0 Å². The van der Waals surface area contributed by atoms with Crippen LogP contribution < -0.4 is 4.74 Å². The van der Waals surface area contributed by atoms with Gasteiger partial charge in [-0.25, -0.2) is 0 Å². The molecular formula is C15H21BrO2. The van der Waals surface area contributed by atoms with Crippen molar-refractivity contribution in [2.24, 2.45) is 0 Å². The molecule has 0 bridgehead atoms. The van der Waals surface area contributed by atoms with E-state index < -0.39 is 6.10 Å². The summed E-state index contributed by atoms with van der Waals surface area (Å²) in [6, 6.07) is 5.87. The molecule has 0 aromatic heterocycles. The van der Waals surface area contributed by atoms with Crippen LogP contribution >= 0.6 is 15.9 Å². The van der Waals surface area contributed by atoms with Crippen LogP contribution in [-0.4, -0.2) is 10.7 Å². The van der Waals surface area contributed by atoms with Gasteiger partial charge in [0.15, 0.2) is 0 Å². The SMILES string of the molecule is CCCCC1(CC)CC(O)c2ccc(Br)cc2O1. The van der Waals surface area contributed by atoms with Crippen molar-refractivity contribution in [3.05, 3.63) is 28.2 Å². The number of aliphatic hydroxyl groups excluding tert-OH is 1. The lowest BCUT2D eigenvalue weighted by atomic mass is 9.83. The zero-order chi connectivity index (χ0) is 13.2. The number of fused-ring (bicyclic) bond motifs is 1. The van der Waals surface area contributed by atoms with Gasteiger partial charge in [-0.15, -0.1) is 0 Å². The quantitative estimate of drug-likeness (QED) is 0.880. The maximum Gasteiger partial charge on any atom is 0.127 e. The molecule has 1 heterocycles. The first-order valence-corrected chi connectivity index (χ1v) is 7.56. The Hall–Kier alpha value is -0.540. The van der Waals surface area contributed by atoms with Crippen molar-refractivity contribution in [2.45, 2.75) is 57.7 Å². The van der Waals surface area contributed by atoms with Crippen LogP contribution in [0.3, 0.4) is 0 Å². The molecule has 0 amide bonds. The van der Waals surface area contributed by atoms with Crippen molar-refractivity contribution in [2.75, 3.05) is 0 Å². The largest absolute Gasteiger partial charge is 0.487 e. The highest BCUT2D eigenvalue weighted by atomic mass is 79.9. The Kier molecular flexibility index (Phi) is 4.33. The van der Waals surface area contributed by atoms with E-state index >= 15 is 0 Å². The second-order valence-electron chi connectivity index (χ2n) is 5.14. The minimum Gasteiger partial charge on any atom is -0.487 e. The van der Waals surface area contributed by atoms with Crippen LogP contribution in [0.15, 0.2) is 22.7 Å². The normalized spacial score (nSPS) is 26.6. The van der Waals surface area contributed by atoms with Gasteiger partial charge < -0.3 is 9.84 Å². The lowest BCUT2D eigenvalue weighted by Gasteiger charge is -2.40. The monoisotopic (exact) mass is 312 g/mol. The Morgan fingerprint density at radius 2 is 2.22 bits per heavy atom. The molecule has 3 heteroatoms. The van der Waals surface area contributed by atoms with Gasteiger partial charge in [0.1, 0.15) is 11.4 Å². The molecule has 1 aromatic carbocycles. The number of hydrogen-bond donors (Lipinski definition) is 1. The Balaban J connectivity index is 2.29. The van der Waals surface area contributed by atoms with Crippen molar-refractivity contribution < 1.29 is 9.84 Å². The van der Waals surface area contributed by atoms with Crippen LogP contribution in [0.25, 0.3) is 0 Å². The number of ether oxygens (including phenoxy) is 1. The van der Waals surface area contributed by atoms with Crippen molar-refractivity contribution in [1.82, 2.24) is 0 Å². The molecule has 18 heavy (non-hydrogen) atoms. The minimum absolute atomic E-state index is 0.191. The predicted octanol–water partition coefficient (Wildman–Crippen LogP) is 4.60. The molecule has 2 atom stereocenters. The van der Waals surface area contributed by atoms with Crippen molar-refractivity contribution in [1.29, 1.82) is 0 Å². The summed E-state index contributed by atoms with van der Waals surface area (Å²) in [6.07, 6.45) is 4.56. The van der Waals surface area contributed by atoms with E-state index in [-0.39, 0.29) is 5.60 Å². The summed E-state index contributed by atoms with van der Waals surface area (Å²) >= 11 is 3.46. The van der Waals surface area contributed by atoms with E-state index in [4.69, 9.17) is 4.74 Å². The van der Waals surface area contributed by atoms with Crippen LogP contribution in [0.1, 0.15) is 57.6 Å². The molecule has 0 saturated heterocycles. The number of rotatable bonds is 4. The summed E-state index contributed by atoms with van der Waals surface area (Å²) < 4.78 is 7.23. The number of benzene rings is 1. The van der Waals surface area contributed by atoms with E-state index in [1.165, 1.54) is 0 Å². The molecule has 0 fully saturated rings. The molecule has 1 N–H and O–H groups in total. The number of unbranched alkanes of at least 4 members (excludes halogenated alkanes) is 1. The molecular weight excluding hydrogens is 292 g/mol. The molecule has 1 aliphatic rings. The van der Waals surface area contributed by atoms with E-state index in [0.29, 0.717) is 6.42 Å². The molecule has 0 radical (unpaired) electrons. The summed E-state index contributed by atoms with van der Waals surface area (Å²) in [5.74, 6) is 0.834. The molecule has 2 rings (SSSR count). The standard InChI is InChI=1S/C15H21BrO2/c1-3-5-8-15(4-2)10-13(17)12-7-6-11(16)9-14(12)18-15/h6-7,9,13,17H,3-5,8,10H2,1-2H3. The molecule has 2 unspecified atom stereocenters. The number of aliphatic hydroxyl groups is 1. The molecule has 0 aliphatic carbocycles. The van der Waals surface area contributed by atoms with E-state index in [9.17, 15) is 5.11 Å². The highest BCUT2D eigenvalue weighted by Crippen LogP contribution is 2.44. The fraction of sp³-hybridized carbons (Fsp3) is 0.600. The average Bonchev–Trinajstić information content (AvgIpc) is 2.36. The van der Waals surface area contributed by atoms with Crippen LogP contribution in [0.5, 0.6) is 5.75 Å². The van der Waals surface area contributed by atoms with Crippen LogP contribution in [-0.2, 0) is 0 Å². The zero-order valence-corrected chi connectivity index (χ0v) is 12.7. The maximum absolute atomic E-state index is 10.3.